The van der Waals surface area contributed by atoms with Gasteiger partial charge in [-0.3, -0.25) is 0 Å². The second-order valence-electron chi connectivity index (χ2n) is 2.48. The highest BCUT2D eigenvalue weighted by molar-refractivity contribution is 14.1. The number of fused-ring (bicyclic) bond motifs is 1. The number of imidazole rings is 1. The Morgan fingerprint density at radius 3 is 3.08 bits per heavy atom. The Bertz CT molecular complexity index is 410. The molecule has 0 unspecified atom stereocenters. The summed E-state index contributed by atoms with van der Waals surface area (Å²) in [5.74, 6) is 0. The summed E-state index contributed by atoms with van der Waals surface area (Å²) in [5, 5.41) is 8.85. The van der Waals surface area contributed by atoms with Gasteiger partial charge in [0.15, 0.2) is 5.65 Å². The predicted molar refractivity (Wildman–Crippen MR) is 53.8 cm³/mol. The molecule has 0 atom stereocenters. The summed E-state index contributed by atoms with van der Waals surface area (Å²) in [4.78, 5) is 4.24. The summed E-state index contributed by atoms with van der Waals surface area (Å²) in [6, 6.07) is 3.95. The first-order valence-electron chi connectivity index (χ1n) is 3.54. The Hall–Kier alpha value is -0.620. The number of rotatable bonds is 1. The molecule has 12 heavy (non-hydrogen) atoms. The van der Waals surface area contributed by atoms with Gasteiger partial charge in [-0.05, 0) is 34.7 Å². The van der Waals surface area contributed by atoms with Crippen molar-refractivity contribution in [3.8, 4) is 0 Å². The van der Waals surface area contributed by atoms with Gasteiger partial charge in [0.2, 0.25) is 0 Å². The number of pyridine rings is 1. The number of hydrogen-bond donors (Lipinski definition) is 1. The molecule has 0 fully saturated rings. The molecule has 0 aliphatic heterocycles. The standard InChI is InChI=1S/C8H7IN2O/c9-7-2-1-3-11-4-6(5-12)10-8(7)11/h1-4,12H,5H2. The zero-order valence-electron chi connectivity index (χ0n) is 6.24. The summed E-state index contributed by atoms with van der Waals surface area (Å²) in [7, 11) is 0. The summed E-state index contributed by atoms with van der Waals surface area (Å²) >= 11 is 2.22. The molecule has 0 saturated heterocycles. The van der Waals surface area contributed by atoms with Crippen molar-refractivity contribution in [1.82, 2.24) is 9.38 Å². The first-order valence-corrected chi connectivity index (χ1v) is 4.62. The SMILES string of the molecule is OCc1cn2cccc(I)c2n1. The molecule has 3 nitrogen and oxygen atoms in total. The molecule has 2 rings (SSSR count). The summed E-state index contributed by atoms with van der Waals surface area (Å²) < 4.78 is 3.00. The van der Waals surface area contributed by atoms with Gasteiger partial charge in [0.1, 0.15) is 0 Å². The minimum Gasteiger partial charge on any atom is -0.390 e. The van der Waals surface area contributed by atoms with E-state index in [0.29, 0.717) is 5.69 Å². The molecule has 0 spiro atoms. The van der Waals surface area contributed by atoms with E-state index in [2.05, 4.69) is 27.6 Å². The molecule has 0 aromatic carbocycles. The van der Waals surface area contributed by atoms with Crippen molar-refractivity contribution >= 4 is 28.2 Å². The van der Waals surface area contributed by atoms with Crippen molar-refractivity contribution in [2.24, 2.45) is 0 Å². The number of aromatic nitrogens is 2. The lowest BCUT2D eigenvalue weighted by Gasteiger charge is -1.92. The van der Waals surface area contributed by atoms with E-state index in [1.54, 1.807) is 0 Å². The molecule has 0 radical (unpaired) electrons. The molecular formula is C8H7IN2O. The van der Waals surface area contributed by atoms with Crippen LogP contribution in [0.2, 0.25) is 0 Å². The quantitative estimate of drug-likeness (QED) is 0.799. The Morgan fingerprint density at radius 2 is 2.42 bits per heavy atom. The van der Waals surface area contributed by atoms with E-state index in [1.807, 2.05) is 28.9 Å². The van der Waals surface area contributed by atoms with Crippen LogP contribution in [-0.2, 0) is 6.61 Å². The Labute approximate surface area is 83.2 Å². The molecule has 0 bridgehead atoms. The fraction of sp³-hybridized carbons (Fsp3) is 0.125. The fourth-order valence-electron chi connectivity index (χ4n) is 1.11. The number of aliphatic hydroxyl groups is 1. The van der Waals surface area contributed by atoms with Crippen LogP contribution in [0.3, 0.4) is 0 Å². The predicted octanol–water partition coefficient (Wildman–Crippen LogP) is 1.43. The number of halogens is 1. The largest absolute Gasteiger partial charge is 0.390 e. The van der Waals surface area contributed by atoms with Crippen molar-refractivity contribution in [2.45, 2.75) is 6.61 Å². The number of nitrogens with zero attached hydrogens (tertiary/aromatic N) is 2. The smallest absolute Gasteiger partial charge is 0.150 e. The van der Waals surface area contributed by atoms with Gasteiger partial charge in [0, 0.05) is 12.4 Å². The van der Waals surface area contributed by atoms with Crippen LogP contribution in [0.5, 0.6) is 0 Å². The fourth-order valence-corrected chi connectivity index (χ4v) is 1.71. The average molecular weight is 274 g/mol. The molecule has 0 amide bonds. The van der Waals surface area contributed by atoms with Crippen molar-refractivity contribution in [3.05, 3.63) is 33.8 Å². The normalized spacial score (nSPS) is 10.8. The summed E-state index contributed by atoms with van der Waals surface area (Å²) in [5.41, 5.74) is 1.61. The Balaban J connectivity index is 2.74. The van der Waals surface area contributed by atoms with E-state index in [-0.39, 0.29) is 6.61 Å². The Morgan fingerprint density at radius 1 is 1.58 bits per heavy atom. The van der Waals surface area contributed by atoms with Gasteiger partial charge in [-0.15, -0.1) is 0 Å². The molecular weight excluding hydrogens is 267 g/mol. The minimum atomic E-state index is -0.00222. The van der Waals surface area contributed by atoms with Crippen LogP contribution in [0.15, 0.2) is 24.5 Å². The van der Waals surface area contributed by atoms with Crippen LogP contribution < -0.4 is 0 Å². The van der Waals surface area contributed by atoms with Gasteiger partial charge in [-0.1, -0.05) is 0 Å². The van der Waals surface area contributed by atoms with Crippen molar-refractivity contribution in [2.75, 3.05) is 0 Å². The molecule has 0 aliphatic rings. The van der Waals surface area contributed by atoms with Gasteiger partial charge in [-0.25, -0.2) is 4.98 Å². The lowest BCUT2D eigenvalue weighted by atomic mass is 10.5. The third-order valence-electron chi connectivity index (χ3n) is 1.65. The van der Waals surface area contributed by atoms with Gasteiger partial charge in [0.05, 0.1) is 15.9 Å². The van der Waals surface area contributed by atoms with Crippen LogP contribution in [0.1, 0.15) is 5.69 Å². The maximum absolute atomic E-state index is 8.85. The van der Waals surface area contributed by atoms with Crippen LogP contribution in [0.25, 0.3) is 5.65 Å². The summed E-state index contributed by atoms with van der Waals surface area (Å²) in [6.45, 7) is -0.00222. The maximum Gasteiger partial charge on any atom is 0.150 e. The topological polar surface area (TPSA) is 37.5 Å². The molecule has 62 valence electrons. The molecule has 2 aromatic rings. The van der Waals surface area contributed by atoms with E-state index in [9.17, 15) is 0 Å². The highest BCUT2D eigenvalue weighted by Gasteiger charge is 2.01. The lowest BCUT2D eigenvalue weighted by Crippen LogP contribution is -1.83. The minimum absolute atomic E-state index is 0.00222. The average Bonchev–Trinajstić information content (AvgIpc) is 2.49. The third-order valence-corrected chi connectivity index (χ3v) is 2.49. The zero-order valence-corrected chi connectivity index (χ0v) is 8.39. The molecule has 0 saturated carbocycles. The highest BCUT2D eigenvalue weighted by Crippen LogP contribution is 2.12. The van der Waals surface area contributed by atoms with Gasteiger partial charge < -0.3 is 9.51 Å². The number of hydrogen-bond acceptors (Lipinski definition) is 2. The molecule has 2 aromatic heterocycles. The van der Waals surface area contributed by atoms with E-state index >= 15 is 0 Å². The van der Waals surface area contributed by atoms with Crippen LogP contribution >= 0.6 is 22.6 Å². The first kappa shape index (κ1) is 8.00. The van der Waals surface area contributed by atoms with E-state index in [1.165, 1.54) is 0 Å². The second kappa shape index (κ2) is 3.02. The van der Waals surface area contributed by atoms with Crippen LogP contribution in [-0.4, -0.2) is 14.5 Å². The third kappa shape index (κ3) is 1.21. The maximum atomic E-state index is 8.85. The summed E-state index contributed by atoms with van der Waals surface area (Å²) in [6.07, 6.45) is 3.75. The highest BCUT2D eigenvalue weighted by atomic mass is 127. The van der Waals surface area contributed by atoms with Crippen LogP contribution in [0.4, 0.5) is 0 Å². The van der Waals surface area contributed by atoms with Crippen molar-refractivity contribution < 1.29 is 5.11 Å². The Kier molecular flexibility index (Phi) is 2.02. The zero-order chi connectivity index (χ0) is 8.55. The second-order valence-corrected chi connectivity index (χ2v) is 3.64. The monoisotopic (exact) mass is 274 g/mol. The van der Waals surface area contributed by atoms with E-state index < -0.39 is 0 Å². The molecule has 2 heterocycles. The lowest BCUT2D eigenvalue weighted by molar-refractivity contribution is 0.277. The van der Waals surface area contributed by atoms with Crippen molar-refractivity contribution in [3.63, 3.8) is 0 Å². The van der Waals surface area contributed by atoms with Gasteiger partial charge in [-0.2, -0.15) is 0 Å². The first-order chi connectivity index (χ1) is 5.81. The molecule has 4 heteroatoms. The van der Waals surface area contributed by atoms with Gasteiger partial charge >= 0.3 is 0 Å². The van der Waals surface area contributed by atoms with Gasteiger partial charge in [0.25, 0.3) is 0 Å². The van der Waals surface area contributed by atoms with E-state index in [4.69, 9.17) is 5.11 Å². The number of aliphatic hydroxyl groups excluding tert-OH is 1. The van der Waals surface area contributed by atoms with E-state index in [0.717, 1.165) is 9.22 Å². The molecule has 1 N–H and O–H groups in total. The van der Waals surface area contributed by atoms with Crippen molar-refractivity contribution in [1.29, 1.82) is 0 Å². The van der Waals surface area contributed by atoms with Crippen LogP contribution in [0, 0.1) is 3.57 Å². The molecule has 0 aliphatic carbocycles.